The molecule has 1 aliphatic carbocycles. The van der Waals surface area contributed by atoms with Gasteiger partial charge in [0, 0.05) is 5.92 Å². The van der Waals surface area contributed by atoms with Gasteiger partial charge in [-0.2, -0.15) is 0 Å². The summed E-state index contributed by atoms with van der Waals surface area (Å²) in [6.07, 6.45) is 10.4. The molecule has 1 atom stereocenters. The summed E-state index contributed by atoms with van der Waals surface area (Å²) >= 11 is 0. The number of allylic oxidation sites excluding steroid dienone is 1. The molecule has 0 aromatic heterocycles. The van der Waals surface area contributed by atoms with Crippen LogP contribution in [0.4, 0.5) is 0 Å². The Hall–Kier alpha value is -0.610. The lowest BCUT2D eigenvalue weighted by atomic mass is 9.99. The van der Waals surface area contributed by atoms with Gasteiger partial charge >= 0.3 is 0 Å². The van der Waals surface area contributed by atoms with E-state index in [0.717, 1.165) is 11.8 Å². The molecule has 0 N–H and O–H groups in total. The molecule has 1 aromatic rings. The van der Waals surface area contributed by atoms with Gasteiger partial charge in [-0.3, -0.25) is 0 Å². The molecule has 0 aliphatic heterocycles. The van der Waals surface area contributed by atoms with Crippen LogP contribution in [0.5, 0.6) is 0 Å². The van der Waals surface area contributed by atoms with Crippen molar-refractivity contribution in [2.45, 2.75) is 40.0 Å². The summed E-state index contributed by atoms with van der Waals surface area (Å²) in [5.41, 5.74) is 2.99. The Morgan fingerprint density at radius 3 is 2.30 bits per heavy atom. The predicted molar refractivity (Wildman–Crippen MR) is 94.0 cm³/mol. The summed E-state index contributed by atoms with van der Waals surface area (Å²) in [5.74, 6) is 2.38. The first-order valence-electron chi connectivity index (χ1n) is 8.05. The van der Waals surface area contributed by atoms with Gasteiger partial charge in [0.1, 0.15) is 0 Å². The summed E-state index contributed by atoms with van der Waals surface area (Å²) in [6, 6.07) is 8.89. The van der Waals surface area contributed by atoms with E-state index < -0.39 is 0 Å². The monoisotopic (exact) mass is 288 g/mol. The maximum atomic E-state index is 2.42. The van der Waals surface area contributed by atoms with Crippen molar-refractivity contribution in [1.82, 2.24) is 0 Å². The number of hydrogen-bond donors (Lipinski definition) is 0. The van der Waals surface area contributed by atoms with Gasteiger partial charge in [0.15, 0.2) is 0 Å². The Morgan fingerprint density at radius 2 is 1.65 bits per heavy atom. The van der Waals surface area contributed by atoms with Crippen LogP contribution >= 0.6 is 7.92 Å². The van der Waals surface area contributed by atoms with Gasteiger partial charge in [0.25, 0.3) is 0 Å². The average molecular weight is 288 g/mol. The van der Waals surface area contributed by atoms with Crippen molar-refractivity contribution in [3.05, 3.63) is 41.5 Å². The van der Waals surface area contributed by atoms with Crippen LogP contribution in [0.25, 0.3) is 6.08 Å². The van der Waals surface area contributed by atoms with Crippen LogP contribution in [0.1, 0.15) is 51.2 Å². The average Bonchev–Trinajstić information content (AvgIpc) is 2.78. The zero-order valence-electron chi connectivity index (χ0n) is 13.5. The summed E-state index contributed by atoms with van der Waals surface area (Å²) in [5, 5.41) is 0. The molecule has 1 unspecified atom stereocenters. The number of benzene rings is 1. The highest BCUT2D eigenvalue weighted by atomic mass is 31.1. The Kier molecular flexibility index (Phi) is 5.85. The van der Waals surface area contributed by atoms with Gasteiger partial charge in [0.05, 0.1) is 0 Å². The fourth-order valence-corrected chi connectivity index (χ4v) is 6.41. The maximum absolute atomic E-state index is 2.42. The summed E-state index contributed by atoms with van der Waals surface area (Å²) in [4.78, 5) is 0. The van der Waals surface area contributed by atoms with Gasteiger partial charge in [-0.1, -0.05) is 64.1 Å². The standard InChI is InChI=1S/C19H29P/c1-15(2)13-20(14-16(3)4)12-11-18-10-9-17-7-5-6-8-19(17)18/h5-10,15-16,18H,11-14H2,1-4H3. The van der Waals surface area contributed by atoms with Crippen LogP contribution in [-0.2, 0) is 0 Å². The van der Waals surface area contributed by atoms with Crippen molar-refractivity contribution in [3.63, 3.8) is 0 Å². The molecular weight excluding hydrogens is 259 g/mol. The number of rotatable bonds is 7. The minimum atomic E-state index is 0.221. The van der Waals surface area contributed by atoms with E-state index >= 15 is 0 Å². The van der Waals surface area contributed by atoms with Gasteiger partial charge in [0.2, 0.25) is 0 Å². The SMILES string of the molecule is CC(C)CP(CCC1C=Cc2ccccc21)CC(C)C. The molecule has 0 bridgehead atoms. The number of fused-ring (bicyclic) bond motifs is 1. The topological polar surface area (TPSA) is 0 Å². The van der Waals surface area contributed by atoms with Crippen LogP contribution in [0.2, 0.25) is 0 Å². The van der Waals surface area contributed by atoms with E-state index in [4.69, 9.17) is 0 Å². The van der Waals surface area contributed by atoms with E-state index in [1.807, 2.05) is 0 Å². The molecule has 1 aromatic carbocycles. The Morgan fingerprint density at radius 1 is 1.00 bits per heavy atom. The minimum Gasteiger partial charge on any atom is -0.106 e. The molecule has 0 fully saturated rings. The minimum absolute atomic E-state index is 0.221. The van der Waals surface area contributed by atoms with Gasteiger partial charge in [-0.05, 0) is 47.9 Å². The van der Waals surface area contributed by atoms with Crippen LogP contribution in [0.15, 0.2) is 30.3 Å². The van der Waals surface area contributed by atoms with Crippen LogP contribution in [0.3, 0.4) is 0 Å². The zero-order valence-corrected chi connectivity index (χ0v) is 14.4. The third-order valence-electron chi connectivity index (χ3n) is 3.91. The Labute approximate surface area is 126 Å². The molecule has 2 rings (SSSR count). The van der Waals surface area contributed by atoms with Crippen molar-refractivity contribution < 1.29 is 0 Å². The van der Waals surface area contributed by atoms with Crippen molar-refractivity contribution in [2.24, 2.45) is 11.8 Å². The molecule has 0 heterocycles. The van der Waals surface area contributed by atoms with Gasteiger partial charge in [-0.15, -0.1) is 7.92 Å². The molecule has 1 heteroatoms. The lowest BCUT2D eigenvalue weighted by Gasteiger charge is -2.23. The van der Waals surface area contributed by atoms with Gasteiger partial charge < -0.3 is 0 Å². The molecular formula is C19H29P. The maximum Gasteiger partial charge on any atom is 0.00305 e. The Balaban J connectivity index is 1.91. The second-order valence-electron chi connectivity index (χ2n) is 6.93. The first-order chi connectivity index (χ1) is 9.56. The second-order valence-corrected chi connectivity index (χ2v) is 9.45. The molecule has 0 saturated heterocycles. The van der Waals surface area contributed by atoms with E-state index in [9.17, 15) is 0 Å². The van der Waals surface area contributed by atoms with E-state index in [1.54, 1.807) is 5.56 Å². The molecule has 1 aliphatic rings. The van der Waals surface area contributed by atoms with Crippen molar-refractivity contribution >= 4 is 14.0 Å². The third-order valence-corrected chi connectivity index (χ3v) is 7.29. The zero-order chi connectivity index (χ0) is 14.5. The largest absolute Gasteiger partial charge is 0.106 e. The highest BCUT2D eigenvalue weighted by Crippen LogP contribution is 2.43. The first kappa shape index (κ1) is 15.8. The highest BCUT2D eigenvalue weighted by molar-refractivity contribution is 7.57. The van der Waals surface area contributed by atoms with Crippen LogP contribution in [-0.4, -0.2) is 18.5 Å². The lowest BCUT2D eigenvalue weighted by molar-refractivity contribution is 0.712. The highest BCUT2D eigenvalue weighted by Gasteiger charge is 2.19. The first-order valence-corrected chi connectivity index (χ1v) is 9.95. The van der Waals surface area contributed by atoms with Crippen molar-refractivity contribution in [3.8, 4) is 0 Å². The molecule has 0 nitrogen and oxygen atoms in total. The number of hydrogen-bond acceptors (Lipinski definition) is 0. The smallest absolute Gasteiger partial charge is 0.00305 e. The second kappa shape index (κ2) is 7.41. The lowest BCUT2D eigenvalue weighted by Crippen LogP contribution is -2.07. The van der Waals surface area contributed by atoms with E-state index in [2.05, 4.69) is 64.1 Å². The third kappa shape index (κ3) is 4.45. The molecule has 20 heavy (non-hydrogen) atoms. The van der Waals surface area contributed by atoms with Crippen molar-refractivity contribution in [2.75, 3.05) is 18.5 Å². The van der Waals surface area contributed by atoms with E-state index in [0.29, 0.717) is 5.92 Å². The molecule has 0 spiro atoms. The van der Waals surface area contributed by atoms with Crippen molar-refractivity contribution in [1.29, 1.82) is 0 Å². The molecule has 0 amide bonds. The summed E-state index contributed by atoms with van der Waals surface area (Å²) in [7, 11) is 0.221. The molecule has 0 radical (unpaired) electrons. The summed E-state index contributed by atoms with van der Waals surface area (Å²) in [6.45, 7) is 9.50. The van der Waals surface area contributed by atoms with Gasteiger partial charge in [-0.25, -0.2) is 0 Å². The fourth-order valence-electron chi connectivity index (χ4n) is 3.19. The fraction of sp³-hybridized carbons (Fsp3) is 0.579. The quantitative estimate of drug-likeness (QED) is 0.541. The van der Waals surface area contributed by atoms with Crippen LogP contribution < -0.4 is 0 Å². The van der Waals surface area contributed by atoms with E-state index in [1.165, 1.54) is 30.5 Å². The predicted octanol–water partition coefficient (Wildman–Crippen LogP) is 5.98. The Bertz CT molecular complexity index is 435. The molecule has 110 valence electrons. The van der Waals surface area contributed by atoms with E-state index in [-0.39, 0.29) is 7.92 Å². The summed E-state index contributed by atoms with van der Waals surface area (Å²) < 4.78 is 0. The van der Waals surface area contributed by atoms with Crippen LogP contribution in [0, 0.1) is 11.8 Å². The normalized spacial score (nSPS) is 17.4. The molecule has 0 saturated carbocycles.